The second kappa shape index (κ2) is 7.26. The van der Waals surface area contributed by atoms with Gasteiger partial charge in [-0.3, -0.25) is 0 Å². The Labute approximate surface area is 134 Å². The van der Waals surface area contributed by atoms with E-state index in [1.54, 1.807) is 0 Å². The van der Waals surface area contributed by atoms with Gasteiger partial charge in [0.2, 0.25) is 0 Å². The van der Waals surface area contributed by atoms with E-state index in [9.17, 15) is 29.7 Å². The minimum absolute atomic E-state index is 0.108. The number of carboxylic acids is 3. The number of carboxylic acid groups (broad SMARTS) is 3. The predicted octanol–water partition coefficient (Wildman–Crippen LogP) is 3.18. The first-order valence-corrected chi connectivity index (χ1v) is 7.44. The Morgan fingerprint density at radius 1 is 0.826 bits per heavy atom. The third-order valence-electron chi connectivity index (χ3n) is 3.43. The molecule has 3 N–H and O–H groups in total. The van der Waals surface area contributed by atoms with Crippen LogP contribution in [0.5, 0.6) is 0 Å². The lowest BCUT2D eigenvalue weighted by Crippen LogP contribution is -2.20. The maximum Gasteiger partial charge on any atom is 0.337 e. The van der Waals surface area contributed by atoms with Crippen LogP contribution in [-0.2, 0) is 12.8 Å². The van der Waals surface area contributed by atoms with Crippen molar-refractivity contribution in [3.63, 3.8) is 0 Å². The average molecular weight is 322 g/mol. The Bertz CT molecular complexity index is 643. The third kappa shape index (κ3) is 4.31. The van der Waals surface area contributed by atoms with E-state index in [2.05, 4.69) is 0 Å². The molecule has 0 amide bonds. The molecule has 1 aromatic rings. The molecule has 0 saturated carbocycles. The molecular weight excluding hydrogens is 300 g/mol. The van der Waals surface area contributed by atoms with E-state index in [1.807, 2.05) is 27.7 Å². The number of rotatable bonds is 7. The van der Waals surface area contributed by atoms with Crippen molar-refractivity contribution in [3.05, 3.63) is 33.9 Å². The van der Waals surface area contributed by atoms with Gasteiger partial charge in [0.15, 0.2) is 0 Å². The van der Waals surface area contributed by atoms with Crippen LogP contribution in [0.1, 0.15) is 69.9 Å². The highest BCUT2D eigenvalue weighted by molar-refractivity contribution is 6.10. The lowest BCUT2D eigenvalue weighted by Gasteiger charge is -2.19. The number of hydrogen-bond acceptors (Lipinski definition) is 3. The van der Waals surface area contributed by atoms with Gasteiger partial charge in [-0.1, -0.05) is 27.7 Å². The molecule has 1 rings (SSSR count). The van der Waals surface area contributed by atoms with Gasteiger partial charge in [0, 0.05) is 0 Å². The van der Waals surface area contributed by atoms with E-state index in [4.69, 9.17) is 0 Å². The van der Waals surface area contributed by atoms with Crippen LogP contribution in [0, 0.1) is 11.8 Å². The minimum Gasteiger partial charge on any atom is -0.478 e. The molecule has 0 heterocycles. The van der Waals surface area contributed by atoms with Crippen LogP contribution >= 0.6 is 0 Å². The Morgan fingerprint density at radius 3 is 1.65 bits per heavy atom. The molecule has 6 nitrogen and oxygen atoms in total. The number of hydrogen-bond donors (Lipinski definition) is 3. The van der Waals surface area contributed by atoms with E-state index in [0.717, 1.165) is 0 Å². The third-order valence-corrected chi connectivity index (χ3v) is 3.43. The zero-order chi connectivity index (χ0) is 17.9. The van der Waals surface area contributed by atoms with Crippen molar-refractivity contribution in [2.75, 3.05) is 0 Å². The molecule has 1 aromatic carbocycles. The molecule has 0 radical (unpaired) electrons. The predicted molar refractivity (Wildman–Crippen MR) is 84.4 cm³/mol. The van der Waals surface area contributed by atoms with Gasteiger partial charge >= 0.3 is 17.9 Å². The molecule has 0 bridgehead atoms. The van der Waals surface area contributed by atoms with E-state index >= 15 is 0 Å². The van der Waals surface area contributed by atoms with E-state index in [0.29, 0.717) is 24.0 Å². The maximum atomic E-state index is 11.7. The Hall–Kier alpha value is -2.37. The summed E-state index contributed by atoms with van der Waals surface area (Å²) in [7, 11) is 0. The summed E-state index contributed by atoms with van der Waals surface area (Å²) in [6, 6.07) is 1.32. The zero-order valence-electron chi connectivity index (χ0n) is 13.7. The molecule has 0 fully saturated rings. The molecule has 23 heavy (non-hydrogen) atoms. The highest BCUT2D eigenvalue weighted by Gasteiger charge is 2.29. The van der Waals surface area contributed by atoms with E-state index in [-0.39, 0.29) is 11.8 Å². The monoisotopic (exact) mass is 322 g/mol. The lowest BCUT2D eigenvalue weighted by atomic mass is 9.84. The van der Waals surface area contributed by atoms with Gasteiger partial charge in [-0.2, -0.15) is 0 Å². The van der Waals surface area contributed by atoms with Crippen LogP contribution in [0.4, 0.5) is 0 Å². The summed E-state index contributed by atoms with van der Waals surface area (Å²) < 4.78 is 0. The largest absolute Gasteiger partial charge is 0.478 e. The number of benzene rings is 1. The van der Waals surface area contributed by atoms with Crippen molar-refractivity contribution in [1.82, 2.24) is 0 Å². The fourth-order valence-electron chi connectivity index (χ4n) is 2.67. The first kappa shape index (κ1) is 18.7. The van der Waals surface area contributed by atoms with Crippen LogP contribution in [0.15, 0.2) is 6.07 Å². The van der Waals surface area contributed by atoms with Crippen molar-refractivity contribution in [3.8, 4) is 0 Å². The molecule has 0 unspecified atom stereocenters. The second-order valence-corrected chi connectivity index (χ2v) is 6.42. The van der Waals surface area contributed by atoms with Crippen molar-refractivity contribution < 1.29 is 29.7 Å². The first-order chi connectivity index (χ1) is 10.6. The molecule has 6 heteroatoms. The summed E-state index contributed by atoms with van der Waals surface area (Å²) in [5, 5.41) is 28.2. The average Bonchev–Trinajstić information content (AvgIpc) is 2.37. The van der Waals surface area contributed by atoms with E-state index in [1.165, 1.54) is 6.07 Å². The fraction of sp³-hybridized carbons (Fsp3) is 0.471. The van der Waals surface area contributed by atoms with Gasteiger partial charge < -0.3 is 15.3 Å². The lowest BCUT2D eigenvalue weighted by molar-refractivity contribution is 0.0632. The molecule has 0 aliphatic carbocycles. The normalized spacial score (nSPS) is 11.0. The van der Waals surface area contributed by atoms with Crippen LogP contribution in [0.3, 0.4) is 0 Å². The van der Waals surface area contributed by atoms with E-state index < -0.39 is 34.6 Å². The first-order valence-electron chi connectivity index (χ1n) is 7.44. The van der Waals surface area contributed by atoms with Crippen LogP contribution in [-0.4, -0.2) is 33.2 Å². The zero-order valence-corrected chi connectivity index (χ0v) is 13.7. The number of carbonyl (C=O) groups is 3. The van der Waals surface area contributed by atoms with Crippen LogP contribution in [0.2, 0.25) is 0 Å². The summed E-state index contributed by atoms with van der Waals surface area (Å²) in [5.74, 6) is -4.10. The van der Waals surface area contributed by atoms with Gasteiger partial charge in [-0.05, 0) is 41.9 Å². The highest BCUT2D eigenvalue weighted by atomic mass is 16.4. The standard InChI is InChI=1S/C17H22O6/c1-8(2)5-10-7-12(15(18)19)14(17(22)23)13(16(20)21)11(10)6-9(3)4/h7-9H,5-6H2,1-4H3,(H,18,19)(H,20,21)(H,22,23). The second-order valence-electron chi connectivity index (χ2n) is 6.42. The Kier molecular flexibility index (Phi) is 5.90. The Morgan fingerprint density at radius 2 is 1.30 bits per heavy atom. The Balaban J connectivity index is 3.87. The van der Waals surface area contributed by atoms with Crippen LogP contribution in [0.25, 0.3) is 0 Å². The minimum atomic E-state index is -1.54. The summed E-state index contributed by atoms with van der Waals surface area (Å²) >= 11 is 0. The van der Waals surface area contributed by atoms with Gasteiger partial charge in [0.1, 0.15) is 0 Å². The summed E-state index contributed by atoms with van der Waals surface area (Å²) in [5.41, 5.74) is -0.509. The molecule has 0 aliphatic rings. The molecule has 126 valence electrons. The molecular formula is C17H22O6. The summed E-state index contributed by atoms with van der Waals surface area (Å²) in [4.78, 5) is 34.6. The molecule has 0 aliphatic heterocycles. The molecule has 0 spiro atoms. The van der Waals surface area contributed by atoms with Crippen molar-refractivity contribution in [2.24, 2.45) is 11.8 Å². The van der Waals surface area contributed by atoms with Gasteiger partial charge in [0.05, 0.1) is 16.7 Å². The highest BCUT2D eigenvalue weighted by Crippen LogP contribution is 2.28. The maximum absolute atomic E-state index is 11.7. The molecule has 0 aromatic heterocycles. The fourth-order valence-corrected chi connectivity index (χ4v) is 2.67. The summed E-state index contributed by atoms with van der Waals surface area (Å²) in [6.07, 6.45) is 0.867. The van der Waals surface area contributed by atoms with Crippen LogP contribution < -0.4 is 0 Å². The van der Waals surface area contributed by atoms with Crippen molar-refractivity contribution >= 4 is 17.9 Å². The summed E-state index contributed by atoms with van der Waals surface area (Å²) in [6.45, 7) is 7.67. The molecule has 0 saturated heterocycles. The van der Waals surface area contributed by atoms with Gasteiger partial charge in [-0.25, -0.2) is 14.4 Å². The SMILES string of the molecule is CC(C)Cc1cc(C(=O)O)c(C(=O)O)c(C(=O)O)c1CC(C)C. The topological polar surface area (TPSA) is 112 Å². The number of aromatic carboxylic acids is 3. The van der Waals surface area contributed by atoms with Gasteiger partial charge in [0.25, 0.3) is 0 Å². The quantitative estimate of drug-likeness (QED) is 0.711. The van der Waals surface area contributed by atoms with Crippen molar-refractivity contribution in [2.45, 2.75) is 40.5 Å². The smallest absolute Gasteiger partial charge is 0.337 e. The molecule has 0 atom stereocenters. The van der Waals surface area contributed by atoms with Gasteiger partial charge in [-0.15, -0.1) is 0 Å². The van der Waals surface area contributed by atoms with Crippen molar-refractivity contribution in [1.29, 1.82) is 0 Å².